The fourth-order valence-corrected chi connectivity index (χ4v) is 5.16. The minimum atomic E-state index is -4.45. The third-order valence-electron chi connectivity index (χ3n) is 7.24. The molecule has 194 valence electrons. The Bertz CT molecular complexity index is 1020. The van der Waals surface area contributed by atoms with Crippen LogP contribution in [0.25, 0.3) is 0 Å². The summed E-state index contributed by atoms with van der Waals surface area (Å²) in [6, 6.07) is 10.1. The number of hydrogen-bond acceptors (Lipinski definition) is 5. The number of piperidine rings is 1. The van der Waals surface area contributed by atoms with Gasteiger partial charge in [-0.3, -0.25) is 14.5 Å². The summed E-state index contributed by atoms with van der Waals surface area (Å²) >= 11 is 0. The molecular formula is C26H31F3N4O3. The van der Waals surface area contributed by atoms with Gasteiger partial charge in [0.25, 0.3) is 5.91 Å². The van der Waals surface area contributed by atoms with Gasteiger partial charge in [0.05, 0.1) is 5.56 Å². The van der Waals surface area contributed by atoms with Crippen molar-refractivity contribution in [3.8, 4) is 0 Å². The highest BCUT2D eigenvalue weighted by Gasteiger charge is 2.34. The molecule has 3 heterocycles. The predicted molar refractivity (Wildman–Crippen MR) is 129 cm³/mol. The Morgan fingerprint density at radius 3 is 2.31 bits per heavy atom. The number of pyridine rings is 1. The third-order valence-corrected chi connectivity index (χ3v) is 7.24. The van der Waals surface area contributed by atoms with Gasteiger partial charge in [0, 0.05) is 57.4 Å². The number of aliphatic carboxylic acids is 1. The number of anilines is 1. The van der Waals surface area contributed by atoms with Crippen LogP contribution < -0.4 is 4.90 Å². The molecule has 4 rings (SSSR count). The number of likely N-dealkylation sites (tertiary alicyclic amines) is 1. The number of carbonyl (C=O) groups is 2. The minimum Gasteiger partial charge on any atom is -0.481 e. The molecule has 1 amide bonds. The van der Waals surface area contributed by atoms with E-state index in [4.69, 9.17) is 0 Å². The number of amides is 1. The maximum atomic E-state index is 13.0. The van der Waals surface area contributed by atoms with Gasteiger partial charge in [-0.1, -0.05) is 6.07 Å². The summed E-state index contributed by atoms with van der Waals surface area (Å²) in [6.07, 6.45) is -1.29. The Morgan fingerprint density at radius 2 is 1.69 bits per heavy atom. The van der Waals surface area contributed by atoms with Crippen molar-refractivity contribution in [2.24, 2.45) is 11.8 Å². The molecule has 2 atom stereocenters. The molecule has 2 aliphatic rings. The number of piperazine rings is 1. The maximum absolute atomic E-state index is 13.0. The first-order valence-corrected chi connectivity index (χ1v) is 12.3. The zero-order chi connectivity index (χ0) is 25.7. The minimum absolute atomic E-state index is 0.0158. The summed E-state index contributed by atoms with van der Waals surface area (Å²) in [5.74, 6) is -0.220. The monoisotopic (exact) mass is 504 g/mol. The fourth-order valence-electron chi connectivity index (χ4n) is 5.16. The van der Waals surface area contributed by atoms with E-state index < -0.39 is 17.7 Å². The number of benzene rings is 1. The zero-order valence-electron chi connectivity index (χ0n) is 20.0. The second-order valence-electron chi connectivity index (χ2n) is 9.54. The number of halogens is 3. The summed E-state index contributed by atoms with van der Waals surface area (Å²) < 4.78 is 38.6. The number of aromatic nitrogens is 1. The molecule has 0 saturated carbocycles. The van der Waals surface area contributed by atoms with Crippen LogP contribution in [0.3, 0.4) is 0 Å². The van der Waals surface area contributed by atoms with Gasteiger partial charge in [0.15, 0.2) is 0 Å². The van der Waals surface area contributed by atoms with Crippen LogP contribution in [0.15, 0.2) is 48.7 Å². The molecule has 2 aliphatic heterocycles. The van der Waals surface area contributed by atoms with Crippen LogP contribution in [0.1, 0.15) is 35.2 Å². The van der Waals surface area contributed by atoms with E-state index in [0.717, 1.165) is 57.1 Å². The molecule has 2 fully saturated rings. The third kappa shape index (κ3) is 6.54. The molecular weight excluding hydrogens is 473 g/mol. The highest BCUT2D eigenvalue weighted by atomic mass is 19.4. The van der Waals surface area contributed by atoms with Gasteiger partial charge in [-0.15, -0.1) is 0 Å². The summed E-state index contributed by atoms with van der Waals surface area (Å²) in [5, 5.41) is 9.39. The van der Waals surface area contributed by atoms with Crippen molar-refractivity contribution in [1.29, 1.82) is 0 Å². The number of rotatable bonds is 7. The molecule has 2 unspecified atom stereocenters. The molecule has 2 saturated heterocycles. The van der Waals surface area contributed by atoms with Crippen LogP contribution in [0.2, 0.25) is 0 Å². The first-order valence-electron chi connectivity index (χ1n) is 12.3. The molecule has 0 bridgehead atoms. The van der Waals surface area contributed by atoms with E-state index in [1.807, 2.05) is 18.2 Å². The summed E-state index contributed by atoms with van der Waals surface area (Å²) in [6.45, 7) is 5.08. The quantitative estimate of drug-likeness (QED) is 0.617. The Labute approximate surface area is 208 Å². The van der Waals surface area contributed by atoms with Crippen molar-refractivity contribution in [2.75, 3.05) is 50.7 Å². The normalized spacial score (nSPS) is 21.4. The van der Waals surface area contributed by atoms with Crippen LogP contribution in [0.4, 0.5) is 19.0 Å². The lowest BCUT2D eigenvalue weighted by Crippen LogP contribution is -2.49. The van der Waals surface area contributed by atoms with E-state index in [-0.39, 0.29) is 29.7 Å². The number of carbonyl (C=O) groups excluding carboxylic acids is 1. The van der Waals surface area contributed by atoms with Gasteiger partial charge < -0.3 is 14.9 Å². The average Bonchev–Trinajstić information content (AvgIpc) is 2.88. The average molecular weight is 505 g/mol. The van der Waals surface area contributed by atoms with Crippen LogP contribution >= 0.6 is 0 Å². The van der Waals surface area contributed by atoms with Crippen molar-refractivity contribution in [2.45, 2.75) is 25.4 Å². The van der Waals surface area contributed by atoms with E-state index in [1.165, 1.54) is 12.1 Å². The molecule has 7 nitrogen and oxygen atoms in total. The van der Waals surface area contributed by atoms with Crippen molar-refractivity contribution in [3.05, 3.63) is 59.8 Å². The van der Waals surface area contributed by atoms with Crippen LogP contribution in [0.5, 0.6) is 0 Å². The first kappa shape index (κ1) is 25.9. The Morgan fingerprint density at radius 1 is 0.972 bits per heavy atom. The van der Waals surface area contributed by atoms with Gasteiger partial charge in [-0.2, -0.15) is 13.2 Å². The number of hydrogen-bond donors (Lipinski definition) is 1. The summed E-state index contributed by atoms with van der Waals surface area (Å²) in [5.41, 5.74) is -0.579. The Kier molecular flexibility index (Phi) is 8.13. The van der Waals surface area contributed by atoms with Gasteiger partial charge in [0.1, 0.15) is 5.82 Å². The van der Waals surface area contributed by atoms with Crippen molar-refractivity contribution in [1.82, 2.24) is 14.8 Å². The van der Waals surface area contributed by atoms with Crippen LogP contribution in [-0.2, 0) is 11.0 Å². The smallest absolute Gasteiger partial charge is 0.416 e. The number of carboxylic acid groups (broad SMARTS) is 1. The van der Waals surface area contributed by atoms with E-state index in [2.05, 4.69) is 14.8 Å². The Balaban J connectivity index is 1.35. The lowest BCUT2D eigenvalue weighted by molar-refractivity contribution is -0.139. The van der Waals surface area contributed by atoms with Crippen molar-refractivity contribution < 1.29 is 27.9 Å². The maximum Gasteiger partial charge on any atom is 0.416 e. The van der Waals surface area contributed by atoms with E-state index in [9.17, 15) is 27.9 Å². The molecule has 1 aromatic heterocycles. The van der Waals surface area contributed by atoms with Gasteiger partial charge in [-0.05, 0) is 67.6 Å². The van der Waals surface area contributed by atoms with E-state index in [0.29, 0.717) is 19.5 Å². The van der Waals surface area contributed by atoms with Crippen molar-refractivity contribution >= 4 is 17.7 Å². The largest absolute Gasteiger partial charge is 0.481 e. The molecule has 1 N–H and O–H groups in total. The number of carboxylic acids is 1. The number of alkyl halides is 3. The second kappa shape index (κ2) is 11.3. The Hall–Kier alpha value is -3.14. The van der Waals surface area contributed by atoms with Crippen molar-refractivity contribution in [3.63, 3.8) is 0 Å². The van der Waals surface area contributed by atoms with Gasteiger partial charge >= 0.3 is 12.1 Å². The molecule has 0 aliphatic carbocycles. The lowest BCUT2D eigenvalue weighted by Gasteiger charge is -2.40. The summed E-state index contributed by atoms with van der Waals surface area (Å²) in [7, 11) is 0. The SMILES string of the molecule is O=C(O)CC1CCN(C(=O)c2ccc(C(F)(F)F)cc2)CC1CCN1CCN(c2ccccn2)CC1. The lowest BCUT2D eigenvalue weighted by atomic mass is 9.81. The van der Waals surface area contributed by atoms with Crippen LogP contribution in [0, 0.1) is 11.8 Å². The molecule has 0 spiro atoms. The second-order valence-corrected chi connectivity index (χ2v) is 9.54. The predicted octanol–water partition coefficient (Wildman–Crippen LogP) is 3.87. The first-order chi connectivity index (χ1) is 17.2. The summed E-state index contributed by atoms with van der Waals surface area (Å²) in [4.78, 5) is 35.1. The fraction of sp³-hybridized carbons (Fsp3) is 0.500. The highest BCUT2D eigenvalue weighted by Crippen LogP contribution is 2.32. The zero-order valence-corrected chi connectivity index (χ0v) is 20.0. The van der Waals surface area contributed by atoms with Gasteiger partial charge in [-0.25, -0.2) is 4.98 Å². The van der Waals surface area contributed by atoms with E-state index in [1.54, 1.807) is 11.1 Å². The van der Waals surface area contributed by atoms with E-state index >= 15 is 0 Å². The number of nitrogens with zero attached hydrogens (tertiary/aromatic N) is 4. The standard InChI is InChI=1S/C26H31F3N4O3/c27-26(28,29)22-6-4-19(5-7-22)25(36)33-12-9-20(17-24(34)35)21(18-33)8-11-31-13-15-32(16-14-31)23-3-1-2-10-30-23/h1-7,10,20-21H,8-9,11-18H2,(H,34,35). The highest BCUT2D eigenvalue weighted by molar-refractivity contribution is 5.94. The van der Waals surface area contributed by atoms with Crippen LogP contribution in [-0.4, -0.2) is 77.6 Å². The molecule has 10 heteroatoms. The molecule has 2 aromatic rings. The van der Waals surface area contributed by atoms with Gasteiger partial charge in [0.2, 0.25) is 0 Å². The molecule has 0 radical (unpaired) electrons. The molecule has 36 heavy (non-hydrogen) atoms. The molecule has 1 aromatic carbocycles. The topological polar surface area (TPSA) is 77.0 Å².